The van der Waals surface area contributed by atoms with Gasteiger partial charge in [0, 0.05) is 13.0 Å². The Hall–Kier alpha value is -2.67. The van der Waals surface area contributed by atoms with Gasteiger partial charge in [-0.3, -0.25) is 9.59 Å². The standard InChI is InChI=1S/C18H21N3O4/c1-3-15-17(12(2)20-25-15)19-18(23)14-10-24-11-16(22)21(14)9-13-7-5-4-6-8-13/h4-8,14H,3,9-11H2,1-2H3,(H,19,23)/t14-/m1/s1. The van der Waals surface area contributed by atoms with E-state index in [0.29, 0.717) is 30.1 Å². The van der Waals surface area contributed by atoms with E-state index in [1.54, 1.807) is 11.8 Å². The molecule has 132 valence electrons. The number of nitrogens with one attached hydrogen (secondary N) is 1. The summed E-state index contributed by atoms with van der Waals surface area (Å²) >= 11 is 0. The van der Waals surface area contributed by atoms with Crippen molar-refractivity contribution in [2.45, 2.75) is 32.9 Å². The number of aromatic nitrogens is 1. The molecule has 0 unspecified atom stereocenters. The third-order valence-corrected chi connectivity index (χ3v) is 4.20. The van der Waals surface area contributed by atoms with E-state index in [1.165, 1.54) is 0 Å². The van der Waals surface area contributed by atoms with Gasteiger partial charge in [0.15, 0.2) is 5.76 Å². The van der Waals surface area contributed by atoms with Gasteiger partial charge in [-0.1, -0.05) is 42.4 Å². The molecule has 1 fully saturated rings. The van der Waals surface area contributed by atoms with Crippen molar-refractivity contribution < 1.29 is 18.8 Å². The summed E-state index contributed by atoms with van der Waals surface area (Å²) in [5, 5.41) is 6.73. The molecule has 1 aliphatic heterocycles. The summed E-state index contributed by atoms with van der Waals surface area (Å²) in [5.74, 6) is 0.113. The highest BCUT2D eigenvalue weighted by molar-refractivity contribution is 5.98. The summed E-state index contributed by atoms with van der Waals surface area (Å²) in [6, 6.07) is 8.89. The predicted octanol–water partition coefficient (Wildman–Crippen LogP) is 1.91. The molecule has 7 nitrogen and oxygen atoms in total. The lowest BCUT2D eigenvalue weighted by Crippen LogP contribution is -2.54. The third-order valence-electron chi connectivity index (χ3n) is 4.20. The quantitative estimate of drug-likeness (QED) is 0.896. The second kappa shape index (κ2) is 7.48. The van der Waals surface area contributed by atoms with Gasteiger partial charge in [-0.2, -0.15) is 0 Å². The Morgan fingerprint density at radius 2 is 2.12 bits per heavy atom. The van der Waals surface area contributed by atoms with E-state index >= 15 is 0 Å². The van der Waals surface area contributed by atoms with Crippen LogP contribution in [-0.2, 0) is 27.3 Å². The van der Waals surface area contributed by atoms with E-state index in [9.17, 15) is 9.59 Å². The molecule has 2 heterocycles. The minimum atomic E-state index is -0.694. The fraction of sp³-hybridized carbons (Fsp3) is 0.389. The molecule has 1 N–H and O–H groups in total. The Balaban J connectivity index is 1.78. The zero-order valence-corrected chi connectivity index (χ0v) is 14.3. The first-order chi connectivity index (χ1) is 12.1. The molecular formula is C18H21N3O4. The lowest BCUT2D eigenvalue weighted by Gasteiger charge is -2.34. The SMILES string of the molecule is CCc1onc(C)c1NC(=O)[C@H]1COCC(=O)N1Cc1ccccc1. The molecule has 1 saturated heterocycles. The van der Waals surface area contributed by atoms with E-state index < -0.39 is 6.04 Å². The monoisotopic (exact) mass is 343 g/mol. The van der Waals surface area contributed by atoms with Crippen molar-refractivity contribution in [1.82, 2.24) is 10.1 Å². The van der Waals surface area contributed by atoms with Crippen molar-refractivity contribution in [3.05, 3.63) is 47.3 Å². The number of aryl methyl sites for hydroxylation is 2. The van der Waals surface area contributed by atoms with Gasteiger partial charge in [0.1, 0.15) is 24.0 Å². The number of rotatable bonds is 5. The van der Waals surface area contributed by atoms with Crippen LogP contribution in [0, 0.1) is 6.92 Å². The number of benzene rings is 1. The first kappa shape index (κ1) is 17.2. The van der Waals surface area contributed by atoms with Crippen LogP contribution in [-0.4, -0.2) is 41.1 Å². The molecule has 1 aromatic heterocycles. The van der Waals surface area contributed by atoms with E-state index in [0.717, 1.165) is 5.56 Å². The molecule has 1 atom stereocenters. The molecule has 0 radical (unpaired) electrons. The van der Waals surface area contributed by atoms with Crippen LogP contribution >= 0.6 is 0 Å². The van der Waals surface area contributed by atoms with Gasteiger partial charge >= 0.3 is 0 Å². The lowest BCUT2D eigenvalue weighted by atomic mass is 10.1. The maximum Gasteiger partial charge on any atom is 0.249 e. The summed E-state index contributed by atoms with van der Waals surface area (Å²) in [7, 11) is 0. The Morgan fingerprint density at radius 3 is 2.84 bits per heavy atom. The lowest BCUT2D eigenvalue weighted by molar-refractivity contribution is -0.154. The molecule has 2 amide bonds. The van der Waals surface area contributed by atoms with Crippen molar-refractivity contribution >= 4 is 17.5 Å². The van der Waals surface area contributed by atoms with Gasteiger partial charge in [0.25, 0.3) is 0 Å². The molecule has 1 aromatic carbocycles. The average molecular weight is 343 g/mol. The van der Waals surface area contributed by atoms with Gasteiger partial charge < -0.3 is 19.5 Å². The molecule has 25 heavy (non-hydrogen) atoms. The number of anilines is 1. The van der Waals surface area contributed by atoms with Crippen LogP contribution in [0.4, 0.5) is 5.69 Å². The van der Waals surface area contributed by atoms with E-state index in [4.69, 9.17) is 9.26 Å². The molecule has 7 heteroatoms. The minimum Gasteiger partial charge on any atom is -0.369 e. The number of carbonyl (C=O) groups excluding carboxylic acids is 2. The highest BCUT2D eigenvalue weighted by Crippen LogP contribution is 2.22. The van der Waals surface area contributed by atoms with Crippen molar-refractivity contribution in [3.63, 3.8) is 0 Å². The molecule has 1 aliphatic rings. The number of nitrogens with zero attached hydrogens (tertiary/aromatic N) is 2. The van der Waals surface area contributed by atoms with Crippen LogP contribution in [0.25, 0.3) is 0 Å². The Kier molecular flexibility index (Phi) is 5.14. The molecular weight excluding hydrogens is 322 g/mol. The maximum atomic E-state index is 12.8. The molecule has 0 spiro atoms. The van der Waals surface area contributed by atoms with Crippen LogP contribution in [0.3, 0.4) is 0 Å². The van der Waals surface area contributed by atoms with Crippen molar-refractivity contribution in [3.8, 4) is 0 Å². The highest BCUT2D eigenvalue weighted by atomic mass is 16.5. The van der Waals surface area contributed by atoms with Crippen molar-refractivity contribution in [2.75, 3.05) is 18.5 Å². The summed E-state index contributed by atoms with van der Waals surface area (Å²) in [6.45, 7) is 4.21. The second-order valence-electron chi connectivity index (χ2n) is 5.95. The van der Waals surface area contributed by atoms with Gasteiger partial charge in [0.2, 0.25) is 11.8 Å². The summed E-state index contributed by atoms with van der Waals surface area (Å²) < 4.78 is 10.5. The van der Waals surface area contributed by atoms with Crippen LogP contribution in [0.2, 0.25) is 0 Å². The summed E-state index contributed by atoms with van der Waals surface area (Å²) in [6.07, 6.45) is 0.615. The van der Waals surface area contributed by atoms with E-state index in [1.807, 2.05) is 37.3 Å². The second-order valence-corrected chi connectivity index (χ2v) is 5.95. The van der Waals surface area contributed by atoms with Gasteiger partial charge in [-0.05, 0) is 12.5 Å². The first-order valence-electron chi connectivity index (χ1n) is 8.27. The Labute approximate surface area is 145 Å². The summed E-state index contributed by atoms with van der Waals surface area (Å²) in [4.78, 5) is 26.6. The fourth-order valence-electron chi connectivity index (χ4n) is 2.82. The molecule has 0 bridgehead atoms. The number of morpholine rings is 1. The van der Waals surface area contributed by atoms with Crippen molar-refractivity contribution in [1.29, 1.82) is 0 Å². The smallest absolute Gasteiger partial charge is 0.249 e. The van der Waals surface area contributed by atoms with Gasteiger partial charge in [-0.25, -0.2) is 0 Å². The first-order valence-corrected chi connectivity index (χ1v) is 8.27. The minimum absolute atomic E-state index is 0.0108. The van der Waals surface area contributed by atoms with Gasteiger partial charge in [-0.15, -0.1) is 0 Å². The van der Waals surface area contributed by atoms with Crippen LogP contribution < -0.4 is 5.32 Å². The number of ether oxygens (including phenoxy) is 1. The Bertz CT molecular complexity index is 757. The largest absolute Gasteiger partial charge is 0.369 e. The van der Waals surface area contributed by atoms with Crippen LogP contribution in [0.5, 0.6) is 0 Å². The number of hydrogen-bond donors (Lipinski definition) is 1. The predicted molar refractivity (Wildman–Crippen MR) is 90.8 cm³/mol. The number of carbonyl (C=O) groups is 2. The molecule has 2 aromatic rings. The molecule has 0 aliphatic carbocycles. The zero-order valence-electron chi connectivity index (χ0n) is 14.3. The van der Waals surface area contributed by atoms with Crippen LogP contribution in [0.15, 0.2) is 34.9 Å². The molecule has 0 saturated carbocycles. The molecule has 3 rings (SSSR count). The zero-order chi connectivity index (χ0) is 17.8. The van der Waals surface area contributed by atoms with Gasteiger partial charge in [0.05, 0.1) is 6.61 Å². The van der Waals surface area contributed by atoms with Crippen LogP contribution in [0.1, 0.15) is 23.9 Å². The number of hydrogen-bond acceptors (Lipinski definition) is 5. The number of amides is 2. The Morgan fingerprint density at radius 1 is 1.36 bits per heavy atom. The van der Waals surface area contributed by atoms with E-state index in [-0.39, 0.29) is 25.0 Å². The topological polar surface area (TPSA) is 84.7 Å². The highest BCUT2D eigenvalue weighted by Gasteiger charge is 2.34. The maximum absolute atomic E-state index is 12.8. The fourth-order valence-corrected chi connectivity index (χ4v) is 2.82. The van der Waals surface area contributed by atoms with E-state index in [2.05, 4.69) is 10.5 Å². The van der Waals surface area contributed by atoms with Crippen molar-refractivity contribution in [2.24, 2.45) is 0 Å². The third kappa shape index (κ3) is 3.71. The normalized spacial score (nSPS) is 17.6. The average Bonchev–Trinajstić information content (AvgIpc) is 2.97. The summed E-state index contributed by atoms with van der Waals surface area (Å²) in [5.41, 5.74) is 2.15.